The molecule has 0 aliphatic heterocycles. The number of thiophene rings is 1. The molecule has 0 radical (unpaired) electrons. The van der Waals surface area contributed by atoms with Crippen molar-refractivity contribution in [2.45, 2.75) is 34.6 Å². The van der Waals surface area contributed by atoms with Gasteiger partial charge in [0.25, 0.3) is 0 Å². The van der Waals surface area contributed by atoms with E-state index in [9.17, 15) is 0 Å². The number of pyridine rings is 1. The molecule has 4 aromatic heterocycles. The van der Waals surface area contributed by atoms with Crippen molar-refractivity contribution >= 4 is 22.7 Å². The van der Waals surface area contributed by atoms with Gasteiger partial charge in [-0.1, -0.05) is 18.2 Å². The Labute approximate surface area is 183 Å². The fourth-order valence-electron chi connectivity index (χ4n) is 1.48. The molecule has 0 saturated carbocycles. The number of hydrogen-bond acceptors (Lipinski definition) is 6. The van der Waals surface area contributed by atoms with E-state index in [2.05, 4.69) is 51.0 Å². The lowest BCUT2D eigenvalue weighted by Gasteiger charge is -1.82. The first kappa shape index (κ1) is 26.3. The van der Waals surface area contributed by atoms with Gasteiger partial charge in [-0.05, 0) is 63.8 Å². The average molecular weight is 427 g/mol. The quantitative estimate of drug-likeness (QED) is 0.288. The predicted molar refractivity (Wildman–Crippen MR) is 128 cm³/mol. The average Bonchev–Trinajstić information content (AvgIpc) is 3.39. The third kappa shape index (κ3) is 18.4. The molecule has 0 fully saturated rings. The van der Waals surface area contributed by atoms with Gasteiger partial charge in [-0.3, -0.25) is 9.97 Å². The highest BCUT2D eigenvalue weighted by atomic mass is 32.1. The minimum Gasteiger partial charge on any atom is -0.264 e. The van der Waals surface area contributed by atoms with Crippen LogP contribution in [0.15, 0.2) is 84.7 Å². The Kier molecular flexibility index (Phi) is 16.9. The molecule has 4 heterocycles. The Morgan fingerprint density at radius 3 is 1.69 bits per heavy atom. The standard InChI is InChI=1S/C6H7N.C5H6N2.C5H6S.C4H5NS.C3H6/c1-6-3-2-4-7-5-6;1-5-6-3-2-4-7-5;1-5-3-2-4-6-5;1-4-5-2-3-6-4;1-3-2/h2-5H,1H3;2-4H,1H3;2-4H,1H3;2-3H,1H3;3H,1H2,2H3. The molecule has 0 atom stereocenters. The molecule has 4 aromatic rings. The van der Waals surface area contributed by atoms with E-state index in [-0.39, 0.29) is 0 Å². The fourth-order valence-corrected chi connectivity index (χ4v) is 2.45. The van der Waals surface area contributed by atoms with Gasteiger partial charge in [-0.2, -0.15) is 0 Å². The fraction of sp³-hybridized carbons (Fsp3) is 0.217. The third-order valence-corrected chi connectivity index (χ3v) is 4.23. The minimum atomic E-state index is 0.822. The van der Waals surface area contributed by atoms with Crippen LogP contribution in [0.25, 0.3) is 0 Å². The van der Waals surface area contributed by atoms with Crippen molar-refractivity contribution in [1.82, 2.24) is 19.9 Å². The number of thiazole rings is 1. The van der Waals surface area contributed by atoms with Gasteiger partial charge in [0.15, 0.2) is 0 Å². The van der Waals surface area contributed by atoms with Gasteiger partial charge in [0, 0.05) is 41.2 Å². The van der Waals surface area contributed by atoms with Crippen molar-refractivity contribution in [1.29, 1.82) is 0 Å². The van der Waals surface area contributed by atoms with Gasteiger partial charge in [0.2, 0.25) is 0 Å². The van der Waals surface area contributed by atoms with Crippen LogP contribution in [0.1, 0.15) is 28.2 Å². The van der Waals surface area contributed by atoms with Gasteiger partial charge < -0.3 is 0 Å². The Morgan fingerprint density at radius 1 is 0.793 bits per heavy atom. The third-order valence-electron chi connectivity index (χ3n) is 2.72. The lowest BCUT2D eigenvalue weighted by Crippen LogP contribution is -1.80. The summed E-state index contributed by atoms with van der Waals surface area (Å²) in [4.78, 5) is 16.9. The highest BCUT2D eigenvalue weighted by Crippen LogP contribution is 2.03. The zero-order valence-electron chi connectivity index (χ0n) is 17.8. The monoisotopic (exact) mass is 426 g/mol. The second-order valence-electron chi connectivity index (χ2n) is 5.51. The topological polar surface area (TPSA) is 51.6 Å². The van der Waals surface area contributed by atoms with Crippen LogP contribution < -0.4 is 0 Å². The molecule has 0 aliphatic rings. The zero-order chi connectivity index (χ0) is 21.7. The van der Waals surface area contributed by atoms with Gasteiger partial charge in [-0.25, -0.2) is 9.97 Å². The summed E-state index contributed by atoms with van der Waals surface area (Å²) in [6.45, 7) is 13.2. The molecule has 0 spiro atoms. The molecule has 154 valence electrons. The van der Waals surface area contributed by atoms with Crippen molar-refractivity contribution in [2.75, 3.05) is 0 Å². The lowest BCUT2D eigenvalue weighted by atomic mass is 10.3. The number of hydrogen-bond donors (Lipinski definition) is 0. The Balaban J connectivity index is 0.000000346. The summed E-state index contributed by atoms with van der Waals surface area (Å²) in [6.07, 6.45) is 10.6. The van der Waals surface area contributed by atoms with Crippen LogP contribution in [-0.4, -0.2) is 19.9 Å². The normalized spacial score (nSPS) is 8.31. The molecular weight excluding hydrogens is 396 g/mol. The lowest BCUT2D eigenvalue weighted by molar-refractivity contribution is 1.05. The van der Waals surface area contributed by atoms with E-state index in [4.69, 9.17) is 0 Å². The second kappa shape index (κ2) is 18.7. The summed E-state index contributed by atoms with van der Waals surface area (Å²) in [7, 11) is 0. The summed E-state index contributed by atoms with van der Waals surface area (Å²) in [5.41, 5.74) is 1.21. The van der Waals surface area contributed by atoms with Crippen molar-refractivity contribution in [3.05, 3.63) is 106 Å². The van der Waals surface area contributed by atoms with Crippen LogP contribution in [-0.2, 0) is 0 Å². The molecule has 0 bridgehead atoms. The number of rotatable bonds is 0. The summed E-state index contributed by atoms with van der Waals surface area (Å²) in [5, 5.41) is 5.18. The maximum absolute atomic E-state index is 3.94. The SMILES string of the molecule is C=CC.Cc1cccnc1.Cc1cccs1.Cc1ncccn1.Cc1nccs1. The molecule has 4 nitrogen and oxygen atoms in total. The summed E-state index contributed by atoms with van der Waals surface area (Å²) in [6, 6.07) is 9.90. The number of aromatic nitrogens is 4. The molecular formula is C23H30N4S2. The first-order chi connectivity index (χ1) is 14.0. The molecule has 0 aliphatic carbocycles. The summed E-state index contributed by atoms with van der Waals surface area (Å²) in [5.74, 6) is 0.822. The smallest absolute Gasteiger partial charge is 0.125 e. The van der Waals surface area contributed by atoms with E-state index in [1.54, 1.807) is 59.6 Å². The van der Waals surface area contributed by atoms with Crippen LogP contribution in [0.3, 0.4) is 0 Å². The zero-order valence-corrected chi connectivity index (χ0v) is 19.5. The Hall–Kier alpha value is -2.70. The predicted octanol–water partition coefficient (Wildman–Crippen LogP) is 6.88. The molecule has 0 saturated heterocycles. The highest BCUT2D eigenvalue weighted by Gasteiger charge is 1.77. The van der Waals surface area contributed by atoms with E-state index in [0.29, 0.717) is 0 Å². The van der Waals surface area contributed by atoms with E-state index in [1.165, 1.54) is 10.4 Å². The minimum absolute atomic E-state index is 0.822. The van der Waals surface area contributed by atoms with Gasteiger partial charge in [0.1, 0.15) is 5.82 Å². The van der Waals surface area contributed by atoms with Crippen LogP contribution >= 0.6 is 22.7 Å². The number of aryl methyl sites for hydroxylation is 4. The van der Waals surface area contributed by atoms with Crippen LogP contribution in [0, 0.1) is 27.7 Å². The van der Waals surface area contributed by atoms with Crippen molar-refractivity contribution in [2.24, 2.45) is 0 Å². The second-order valence-corrected chi connectivity index (χ2v) is 7.76. The molecule has 6 heteroatoms. The largest absolute Gasteiger partial charge is 0.264 e. The molecule has 4 rings (SSSR count). The van der Waals surface area contributed by atoms with Crippen LogP contribution in [0.5, 0.6) is 0 Å². The molecule has 0 N–H and O–H groups in total. The summed E-state index contributed by atoms with van der Waals surface area (Å²) >= 11 is 3.44. The first-order valence-electron chi connectivity index (χ1n) is 9.03. The molecule has 0 unspecified atom stereocenters. The van der Waals surface area contributed by atoms with Crippen LogP contribution in [0.2, 0.25) is 0 Å². The highest BCUT2D eigenvalue weighted by molar-refractivity contribution is 7.09. The van der Waals surface area contributed by atoms with E-state index >= 15 is 0 Å². The van der Waals surface area contributed by atoms with Gasteiger partial charge in [0.05, 0.1) is 5.01 Å². The Bertz CT molecular complexity index is 746. The Morgan fingerprint density at radius 2 is 1.48 bits per heavy atom. The van der Waals surface area contributed by atoms with Crippen molar-refractivity contribution in [3.8, 4) is 0 Å². The maximum atomic E-state index is 3.94. The van der Waals surface area contributed by atoms with Crippen molar-refractivity contribution in [3.63, 3.8) is 0 Å². The van der Waals surface area contributed by atoms with Gasteiger partial charge in [-0.15, -0.1) is 29.3 Å². The number of nitrogens with zero attached hydrogens (tertiary/aromatic N) is 4. The van der Waals surface area contributed by atoms with E-state index in [1.807, 2.05) is 51.4 Å². The molecule has 0 amide bonds. The van der Waals surface area contributed by atoms with E-state index < -0.39 is 0 Å². The first-order valence-corrected chi connectivity index (χ1v) is 10.8. The van der Waals surface area contributed by atoms with E-state index in [0.717, 1.165) is 10.8 Å². The van der Waals surface area contributed by atoms with Crippen molar-refractivity contribution < 1.29 is 0 Å². The van der Waals surface area contributed by atoms with Crippen LogP contribution in [0.4, 0.5) is 0 Å². The number of allylic oxidation sites excluding steroid dienone is 1. The molecule has 29 heavy (non-hydrogen) atoms. The summed E-state index contributed by atoms with van der Waals surface area (Å²) < 4.78 is 0. The maximum Gasteiger partial charge on any atom is 0.125 e. The van der Waals surface area contributed by atoms with Gasteiger partial charge >= 0.3 is 0 Å². The molecule has 0 aromatic carbocycles.